The minimum Gasteiger partial charge on any atom is -0.372 e. The molecule has 0 amide bonds. The van der Waals surface area contributed by atoms with Gasteiger partial charge < -0.3 is 10.5 Å². The molecule has 2 unspecified atom stereocenters. The number of nitrogens with two attached hydrogens (primary N) is 1. The molecule has 2 atom stereocenters. The maximum atomic E-state index is 10.8. The maximum absolute atomic E-state index is 10.8. The SMILES string of the molecule is NC1CCCCC1OCc1cccc([N+](=O)[O-])c1Br. The van der Waals surface area contributed by atoms with Gasteiger partial charge in [-0.1, -0.05) is 25.0 Å². The van der Waals surface area contributed by atoms with Crippen LogP contribution in [0.15, 0.2) is 22.7 Å². The molecule has 2 rings (SSSR count). The van der Waals surface area contributed by atoms with Gasteiger partial charge in [-0.2, -0.15) is 0 Å². The molecule has 1 saturated carbocycles. The monoisotopic (exact) mass is 328 g/mol. The molecule has 0 aliphatic heterocycles. The number of rotatable bonds is 4. The highest BCUT2D eigenvalue weighted by Crippen LogP contribution is 2.29. The van der Waals surface area contributed by atoms with E-state index in [1.807, 2.05) is 6.07 Å². The fraction of sp³-hybridized carbons (Fsp3) is 0.538. The summed E-state index contributed by atoms with van der Waals surface area (Å²) in [5, 5.41) is 10.8. The maximum Gasteiger partial charge on any atom is 0.283 e. The second-order valence-electron chi connectivity index (χ2n) is 4.81. The fourth-order valence-corrected chi connectivity index (χ4v) is 2.87. The number of halogens is 1. The van der Waals surface area contributed by atoms with E-state index in [1.165, 1.54) is 6.07 Å². The fourth-order valence-electron chi connectivity index (χ4n) is 2.35. The zero-order chi connectivity index (χ0) is 13.8. The number of nitrogens with zero attached hydrogens (tertiary/aromatic N) is 1. The Labute approximate surface area is 120 Å². The van der Waals surface area contributed by atoms with E-state index in [9.17, 15) is 10.1 Å². The lowest BCUT2D eigenvalue weighted by atomic mass is 9.93. The molecule has 1 aliphatic rings. The Kier molecular flexibility index (Phi) is 4.90. The van der Waals surface area contributed by atoms with Crippen molar-refractivity contribution >= 4 is 21.6 Å². The predicted octanol–water partition coefficient (Wildman–Crippen LogP) is 3.14. The van der Waals surface area contributed by atoms with Gasteiger partial charge in [-0.3, -0.25) is 10.1 Å². The van der Waals surface area contributed by atoms with Crippen LogP contribution >= 0.6 is 15.9 Å². The van der Waals surface area contributed by atoms with Crippen LogP contribution in [0.1, 0.15) is 31.2 Å². The molecule has 6 heteroatoms. The van der Waals surface area contributed by atoms with E-state index in [0.717, 1.165) is 31.2 Å². The third kappa shape index (κ3) is 3.52. The predicted molar refractivity (Wildman–Crippen MR) is 75.8 cm³/mol. The van der Waals surface area contributed by atoms with E-state index in [4.69, 9.17) is 10.5 Å². The number of nitro benzene ring substituents is 1. The minimum atomic E-state index is -0.403. The average Bonchev–Trinajstić information content (AvgIpc) is 2.39. The standard InChI is InChI=1S/C13H17BrN2O3/c14-13-9(4-3-6-11(13)16(17)18)8-19-12-7-2-1-5-10(12)15/h3-4,6,10,12H,1-2,5,7-8,15H2. The third-order valence-corrected chi connectivity index (χ3v) is 4.38. The number of benzene rings is 1. The summed E-state index contributed by atoms with van der Waals surface area (Å²) in [6, 6.07) is 5.04. The van der Waals surface area contributed by atoms with Crippen molar-refractivity contribution in [1.82, 2.24) is 0 Å². The summed E-state index contributed by atoms with van der Waals surface area (Å²) in [5.74, 6) is 0. The Morgan fingerprint density at radius 1 is 1.42 bits per heavy atom. The van der Waals surface area contributed by atoms with Gasteiger partial charge in [-0.25, -0.2) is 0 Å². The van der Waals surface area contributed by atoms with E-state index in [2.05, 4.69) is 15.9 Å². The molecule has 0 radical (unpaired) electrons. The van der Waals surface area contributed by atoms with Gasteiger partial charge in [0, 0.05) is 12.1 Å². The van der Waals surface area contributed by atoms with Gasteiger partial charge in [-0.15, -0.1) is 0 Å². The van der Waals surface area contributed by atoms with Crippen LogP contribution in [0, 0.1) is 10.1 Å². The molecular weight excluding hydrogens is 312 g/mol. The van der Waals surface area contributed by atoms with Crippen LogP contribution in [0.25, 0.3) is 0 Å². The summed E-state index contributed by atoms with van der Waals surface area (Å²) in [4.78, 5) is 10.4. The van der Waals surface area contributed by atoms with Gasteiger partial charge in [0.25, 0.3) is 5.69 Å². The Balaban J connectivity index is 2.03. The first-order chi connectivity index (χ1) is 9.09. The highest BCUT2D eigenvalue weighted by Gasteiger charge is 2.23. The molecule has 5 nitrogen and oxygen atoms in total. The molecule has 0 saturated heterocycles. The van der Waals surface area contributed by atoms with E-state index >= 15 is 0 Å². The lowest BCUT2D eigenvalue weighted by molar-refractivity contribution is -0.385. The zero-order valence-electron chi connectivity index (χ0n) is 10.5. The smallest absolute Gasteiger partial charge is 0.283 e. The molecule has 19 heavy (non-hydrogen) atoms. The number of ether oxygens (including phenoxy) is 1. The summed E-state index contributed by atoms with van der Waals surface area (Å²) in [6.07, 6.45) is 4.30. The molecule has 0 heterocycles. The van der Waals surface area contributed by atoms with Gasteiger partial charge in [0.15, 0.2) is 0 Å². The Morgan fingerprint density at radius 3 is 2.84 bits per heavy atom. The van der Waals surface area contributed by atoms with Crippen molar-refractivity contribution in [1.29, 1.82) is 0 Å². The Morgan fingerprint density at radius 2 is 2.16 bits per heavy atom. The van der Waals surface area contributed by atoms with Gasteiger partial charge in [0.2, 0.25) is 0 Å². The van der Waals surface area contributed by atoms with Gasteiger partial charge in [-0.05, 0) is 34.3 Å². The third-order valence-electron chi connectivity index (χ3n) is 3.46. The van der Waals surface area contributed by atoms with Crippen molar-refractivity contribution < 1.29 is 9.66 Å². The molecule has 0 aromatic heterocycles. The van der Waals surface area contributed by atoms with Crippen molar-refractivity contribution in [2.75, 3.05) is 0 Å². The van der Waals surface area contributed by atoms with Crippen molar-refractivity contribution in [3.63, 3.8) is 0 Å². The Hall–Kier alpha value is -0.980. The van der Waals surface area contributed by atoms with Gasteiger partial charge in [0.1, 0.15) is 4.47 Å². The quantitative estimate of drug-likeness (QED) is 0.680. The minimum absolute atomic E-state index is 0.0555. The normalized spacial score (nSPS) is 23.3. The first-order valence-corrected chi connectivity index (χ1v) is 7.18. The van der Waals surface area contributed by atoms with Crippen LogP contribution in [0.2, 0.25) is 0 Å². The molecule has 1 fully saturated rings. The second kappa shape index (κ2) is 6.45. The second-order valence-corrected chi connectivity index (χ2v) is 5.60. The van der Waals surface area contributed by atoms with Crippen molar-refractivity contribution in [2.45, 2.75) is 44.4 Å². The van der Waals surface area contributed by atoms with Crippen LogP contribution in [-0.4, -0.2) is 17.1 Å². The van der Waals surface area contributed by atoms with Crippen LogP contribution in [0.3, 0.4) is 0 Å². The van der Waals surface area contributed by atoms with Crippen LogP contribution in [0.4, 0.5) is 5.69 Å². The van der Waals surface area contributed by atoms with Crippen LogP contribution in [0.5, 0.6) is 0 Å². The molecule has 1 aromatic carbocycles. The van der Waals surface area contributed by atoms with E-state index in [-0.39, 0.29) is 17.8 Å². The van der Waals surface area contributed by atoms with Crippen molar-refractivity contribution in [3.8, 4) is 0 Å². The number of hydrogen-bond acceptors (Lipinski definition) is 4. The molecule has 2 N–H and O–H groups in total. The zero-order valence-corrected chi connectivity index (χ0v) is 12.1. The van der Waals surface area contributed by atoms with Gasteiger partial charge >= 0.3 is 0 Å². The van der Waals surface area contributed by atoms with Crippen molar-refractivity contribution in [3.05, 3.63) is 38.3 Å². The lowest BCUT2D eigenvalue weighted by Gasteiger charge is -2.28. The molecule has 1 aromatic rings. The average molecular weight is 329 g/mol. The summed E-state index contributed by atoms with van der Waals surface area (Å²) in [7, 11) is 0. The molecule has 104 valence electrons. The topological polar surface area (TPSA) is 78.4 Å². The molecule has 0 bridgehead atoms. The summed E-state index contributed by atoms with van der Waals surface area (Å²) in [6.45, 7) is 0.348. The summed E-state index contributed by atoms with van der Waals surface area (Å²) < 4.78 is 6.31. The largest absolute Gasteiger partial charge is 0.372 e. The van der Waals surface area contributed by atoms with Crippen LogP contribution in [-0.2, 0) is 11.3 Å². The molecule has 0 spiro atoms. The lowest BCUT2D eigenvalue weighted by Crippen LogP contribution is -2.39. The van der Waals surface area contributed by atoms with Crippen LogP contribution < -0.4 is 5.73 Å². The molecular formula is C13H17BrN2O3. The summed E-state index contributed by atoms with van der Waals surface area (Å²) in [5.41, 5.74) is 6.86. The van der Waals surface area contributed by atoms with E-state index < -0.39 is 4.92 Å². The first-order valence-electron chi connectivity index (χ1n) is 6.38. The van der Waals surface area contributed by atoms with Gasteiger partial charge in [0.05, 0.1) is 17.6 Å². The Bertz CT molecular complexity index is 467. The van der Waals surface area contributed by atoms with E-state index in [0.29, 0.717) is 11.1 Å². The highest BCUT2D eigenvalue weighted by atomic mass is 79.9. The summed E-state index contributed by atoms with van der Waals surface area (Å²) >= 11 is 3.27. The number of nitro groups is 1. The first kappa shape index (κ1) is 14.4. The molecule has 1 aliphatic carbocycles. The highest BCUT2D eigenvalue weighted by molar-refractivity contribution is 9.10. The number of hydrogen-bond donors (Lipinski definition) is 1. The van der Waals surface area contributed by atoms with E-state index in [1.54, 1.807) is 6.07 Å². The van der Waals surface area contributed by atoms with Crippen molar-refractivity contribution in [2.24, 2.45) is 5.73 Å².